The van der Waals surface area contributed by atoms with Crippen LogP contribution in [0.25, 0.3) is 0 Å². The van der Waals surface area contributed by atoms with Crippen molar-refractivity contribution in [1.29, 1.82) is 0 Å². The normalized spacial score (nSPS) is 17.8. The third kappa shape index (κ3) is 4.33. The summed E-state index contributed by atoms with van der Waals surface area (Å²) in [6.07, 6.45) is 0.928. The molecule has 0 spiro atoms. The number of halogens is 2. The van der Waals surface area contributed by atoms with Crippen molar-refractivity contribution < 1.29 is 9.50 Å². The average Bonchev–Trinajstić information content (AvgIpc) is 2.40. The van der Waals surface area contributed by atoms with E-state index in [1.165, 1.54) is 18.2 Å². The standard InChI is InChI=1S/C15H23FN2O.ClH/c1-11(2)9-14(18-7-5-17-6-8-18)13-10-12(16)3-4-15(13)19;/h3-4,10-11,14,17,19H,5-9H2,1-2H3;1H/t14-;/m1./s1. The van der Waals surface area contributed by atoms with Gasteiger partial charge in [-0.3, -0.25) is 4.90 Å². The predicted molar refractivity (Wildman–Crippen MR) is 82.0 cm³/mol. The molecule has 114 valence electrons. The van der Waals surface area contributed by atoms with Crippen LogP contribution in [0.15, 0.2) is 18.2 Å². The summed E-state index contributed by atoms with van der Waals surface area (Å²) in [5, 5.41) is 13.4. The minimum atomic E-state index is -0.281. The Labute approximate surface area is 126 Å². The number of phenols is 1. The fourth-order valence-electron chi connectivity index (χ4n) is 2.71. The lowest BCUT2D eigenvalue weighted by atomic mass is 9.94. The number of piperazine rings is 1. The number of phenolic OH excluding ortho intramolecular Hbond substituents is 1. The summed E-state index contributed by atoms with van der Waals surface area (Å²) in [5.74, 6) is 0.421. The first-order chi connectivity index (χ1) is 9.08. The van der Waals surface area contributed by atoms with Gasteiger partial charge in [-0.25, -0.2) is 4.39 Å². The molecule has 3 nitrogen and oxygen atoms in total. The third-order valence-electron chi connectivity index (χ3n) is 3.64. The van der Waals surface area contributed by atoms with E-state index < -0.39 is 0 Å². The molecule has 0 amide bonds. The largest absolute Gasteiger partial charge is 0.508 e. The van der Waals surface area contributed by atoms with Crippen LogP contribution in [0.5, 0.6) is 5.75 Å². The minimum absolute atomic E-state index is 0. The van der Waals surface area contributed by atoms with Crippen LogP contribution in [-0.2, 0) is 0 Å². The van der Waals surface area contributed by atoms with E-state index in [0.717, 1.165) is 38.2 Å². The van der Waals surface area contributed by atoms with Crippen LogP contribution in [-0.4, -0.2) is 36.2 Å². The van der Waals surface area contributed by atoms with Crippen molar-refractivity contribution in [1.82, 2.24) is 10.2 Å². The lowest BCUT2D eigenvalue weighted by molar-refractivity contribution is 0.151. The van der Waals surface area contributed by atoms with Crippen molar-refractivity contribution in [2.75, 3.05) is 26.2 Å². The van der Waals surface area contributed by atoms with Gasteiger partial charge in [0, 0.05) is 37.8 Å². The van der Waals surface area contributed by atoms with Gasteiger partial charge in [0.05, 0.1) is 0 Å². The van der Waals surface area contributed by atoms with Crippen LogP contribution >= 0.6 is 12.4 Å². The van der Waals surface area contributed by atoms with E-state index in [1.807, 2.05) is 0 Å². The summed E-state index contributed by atoms with van der Waals surface area (Å²) in [6, 6.07) is 4.34. The molecule has 1 aliphatic rings. The zero-order valence-electron chi connectivity index (χ0n) is 12.1. The van der Waals surface area contributed by atoms with Gasteiger partial charge >= 0.3 is 0 Å². The Morgan fingerprint density at radius 1 is 1.30 bits per heavy atom. The Kier molecular flexibility index (Phi) is 6.72. The topological polar surface area (TPSA) is 35.5 Å². The zero-order chi connectivity index (χ0) is 13.8. The molecular formula is C15H24ClFN2O. The van der Waals surface area contributed by atoms with E-state index >= 15 is 0 Å². The van der Waals surface area contributed by atoms with Gasteiger partial charge in [-0.15, -0.1) is 12.4 Å². The van der Waals surface area contributed by atoms with Gasteiger partial charge in [-0.05, 0) is 30.5 Å². The Morgan fingerprint density at radius 2 is 1.95 bits per heavy atom. The Bertz CT molecular complexity index is 422. The van der Waals surface area contributed by atoms with Gasteiger partial charge in [0.15, 0.2) is 0 Å². The van der Waals surface area contributed by atoms with Crippen molar-refractivity contribution in [3.63, 3.8) is 0 Å². The van der Waals surface area contributed by atoms with Gasteiger partial charge in [0.25, 0.3) is 0 Å². The number of hydrogen-bond acceptors (Lipinski definition) is 3. The van der Waals surface area contributed by atoms with Crippen LogP contribution in [0.3, 0.4) is 0 Å². The molecule has 2 N–H and O–H groups in total. The zero-order valence-corrected chi connectivity index (χ0v) is 12.9. The van der Waals surface area contributed by atoms with Gasteiger partial charge in [-0.2, -0.15) is 0 Å². The van der Waals surface area contributed by atoms with Crippen LogP contribution in [0.2, 0.25) is 0 Å². The maximum absolute atomic E-state index is 13.5. The summed E-state index contributed by atoms with van der Waals surface area (Å²) in [5.41, 5.74) is 0.718. The second-order valence-electron chi connectivity index (χ2n) is 5.63. The lowest BCUT2D eigenvalue weighted by Crippen LogP contribution is -2.45. The Morgan fingerprint density at radius 3 is 2.55 bits per heavy atom. The van der Waals surface area contributed by atoms with E-state index in [4.69, 9.17) is 0 Å². The van der Waals surface area contributed by atoms with Crippen molar-refractivity contribution in [2.45, 2.75) is 26.3 Å². The molecule has 0 bridgehead atoms. The number of aromatic hydroxyl groups is 1. The molecule has 1 atom stereocenters. The molecule has 0 saturated carbocycles. The molecule has 0 aliphatic carbocycles. The van der Waals surface area contributed by atoms with Crippen LogP contribution < -0.4 is 5.32 Å². The predicted octanol–water partition coefficient (Wildman–Crippen LogP) is 2.95. The summed E-state index contributed by atoms with van der Waals surface area (Å²) in [4.78, 5) is 2.34. The molecular weight excluding hydrogens is 279 g/mol. The number of nitrogens with one attached hydrogen (secondary N) is 1. The van der Waals surface area contributed by atoms with Crippen LogP contribution in [0.4, 0.5) is 4.39 Å². The molecule has 1 fully saturated rings. The smallest absolute Gasteiger partial charge is 0.123 e. The number of hydrogen-bond donors (Lipinski definition) is 2. The molecule has 1 saturated heterocycles. The maximum atomic E-state index is 13.5. The fourth-order valence-corrected chi connectivity index (χ4v) is 2.71. The minimum Gasteiger partial charge on any atom is -0.508 e. The quantitative estimate of drug-likeness (QED) is 0.897. The van der Waals surface area contributed by atoms with Crippen LogP contribution in [0, 0.1) is 11.7 Å². The molecule has 0 aromatic heterocycles. The number of rotatable bonds is 4. The van der Waals surface area contributed by atoms with E-state index in [-0.39, 0.29) is 30.0 Å². The molecule has 2 rings (SSSR count). The monoisotopic (exact) mass is 302 g/mol. The molecule has 5 heteroatoms. The fraction of sp³-hybridized carbons (Fsp3) is 0.600. The molecule has 1 heterocycles. The van der Waals surface area contributed by atoms with E-state index in [1.54, 1.807) is 0 Å². The molecule has 0 radical (unpaired) electrons. The maximum Gasteiger partial charge on any atom is 0.123 e. The highest BCUT2D eigenvalue weighted by Crippen LogP contribution is 2.34. The second-order valence-corrected chi connectivity index (χ2v) is 5.63. The number of nitrogens with zero attached hydrogens (tertiary/aromatic N) is 1. The van der Waals surface area contributed by atoms with Gasteiger partial charge in [0.1, 0.15) is 11.6 Å². The summed E-state index contributed by atoms with van der Waals surface area (Å²) in [7, 11) is 0. The van der Waals surface area contributed by atoms with Crippen LogP contribution in [0.1, 0.15) is 31.9 Å². The van der Waals surface area contributed by atoms with E-state index in [0.29, 0.717) is 5.92 Å². The molecule has 1 aromatic rings. The summed E-state index contributed by atoms with van der Waals surface area (Å²) in [6.45, 7) is 8.09. The Hall–Kier alpha value is -0.840. The highest BCUT2D eigenvalue weighted by Gasteiger charge is 2.25. The molecule has 0 unspecified atom stereocenters. The van der Waals surface area contributed by atoms with E-state index in [2.05, 4.69) is 24.1 Å². The van der Waals surface area contributed by atoms with E-state index in [9.17, 15) is 9.50 Å². The number of benzene rings is 1. The van der Waals surface area contributed by atoms with Crippen molar-refractivity contribution in [3.05, 3.63) is 29.6 Å². The third-order valence-corrected chi connectivity index (χ3v) is 3.64. The van der Waals surface area contributed by atoms with Crippen molar-refractivity contribution in [3.8, 4) is 5.75 Å². The van der Waals surface area contributed by atoms with Crippen molar-refractivity contribution >= 4 is 12.4 Å². The van der Waals surface area contributed by atoms with Crippen molar-refractivity contribution in [2.24, 2.45) is 5.92 Å². The lowest BCUT2D eigenvalue weighted by Gasteiger charge is -2.36. The summed E-state index contributed by atoms with van der Waals surface area (Å²) >= 11 is 0. The highest BCUT2D eigenvalue weighted by atomic mass is 35.5. The van der Waals surface area contributed by atoms with Gasteiger partial charge in [-0.1, -0.05) is 13.8 Å². The molecule has 20 heavy (non-hydrogen) atoms. The molecule has 1 aliphatic heterocycles. The van der Waals surface area contributed by atoms with Gasteiger partial charge in [0.2, 0.25) is 0 Å². The first-order valence-corrected chi connectivity index (χ1v) is 7.01. The van der Waals surface area contributed by atoms with Gasteiger partial charge < -0.3 is 10.4 Å². The highest BCUT2D eigenvalue weighted by molar-refractivity contribution is 5.85. The Balaban J connectivity index is 0.00000200. The SMILES string of the molecule is CC(C)C[C@H](c1cc(F)ccc1O)N1CCNCC1.Cl. The second kappa shape index (κ2) is 7.81. The average molecular weight is 303 g/mol. The molecule has 1 aromatic carbocycles. The first kappa shape index (κ1) is 17.2. The first-order valence-electron chi connectivity index (χ1n) is 7.01. The summed E-state index contributed by atoms with van der Waals surface area (Å²) < 4.78 is 13.5.